The van der Waals surface area contributed by atoms with Gasteiger partial charge in [-0.05, 0) is 19.1 Å². The number of aryl methyl sites for hydroxylation is 2. The third-order valence-electron chi connectivity index (χ3n) is 3.38. The zero-order chi connectivity index (χ0) is 13.4. The van der Waals surface area contributed by atoms with Crippen LogP contribution in [0.1, 0.15) is 21.7 Å². The summed E-state index contributed by atoms with van der Waals surface area (Å²) in [5.41, 5.74) is 3.93. The molecule has 3 rings (SSSR count). The number of aldehydes is 1. The first-order chi connectivity index (χ1) is 9.19. The summed E-state index contributed by atoms with van der Waals surface area (Å²) in [6, 6.07) is 10.0. The molecule has 0 saturated carbocycles. The molecular formula is C15H15N3O. The van der Waals surface area contributed by atoms with E-state index in [-0.39, 0.29) is 0 Å². The van der Waals surface area contributed by atoms with Gasteiger partial charge in [-0.15, -0.1) is 0 Å². The van der Waals surface area contributed by atoms with Crippen molar-refractivity contribution in [3.63, 3.8) is 0 Å². The molecule has 0 aliphatic heterocycles. The molecule has 0 amide bonds. The number of para-hydroxylation sites is 1. The van der Waals surface area contributed by atoms with Crippen LogP contribution >= 0.6 is 0 Å². The van der Waals surface area contributed by atoms with Crippen molar-refractivity contribution in [2.24, 2.45) is 7.05 Å². The normalized spacial score (nSPS) is 11.1. The summed E-state index contributed by atoms with van der Waals surface area (Å²) in [5.74, 6) is 0. The highest BCUT2D eigenvalue weighted by atomic mass is 16.1. The van der Waals surface area contributed by atoms with Crippen molar-refractivity contribution in [2.75, 3.05) is 0 Å². The SMILES string of the molecule is Cc1cc(Cn2cc(C=O)c3ccccc32)n(C)n1. The van der Waals surface area contributed by atoms with E-state index < -0.39 is 0 Å². The Hall–Kier alpha value is -2.36. The second-order valence-electron chi connectivity index (χ2n) is 4.75. The average molecular weight is 253 g/mol. The van der Waals surface area contributed by atoms with Crippen LogP contribution in [0.2, 0.25) is 0 Å². The van der Waals surface area contributed by atoms with E-state index in [0.29, 0.717) is 6.54 Å². The first-order valence-electron chi connectivity index (χ1n) is 6.21. The Labute approximate surface area is 111 Å². The van der Waals surface area contributed by atoms with E-state index in [0.717, 1.165) is 34.1 Å². The smallest absolute Gasteiger partial charge is 0.152 e. The predicted molar refractivity (Wildman–Crippen MR) is 74.4 cm³/mol. The highest BCUT2D eigenvalue weighted by Gasteiger charge is 2.09. The second kappa shape index (κ2) is 4.39. The molecule has 0 spiro atoms. The molecule has 3 aromatic rings. The molecule has 0 aliphatic carbocycles. The van der Waals surface area contributed by atoms with Crippen LogP contribution in [0.25, 0.3) is 10.9 Å². The Bertz CT molecular complexity index is 752. The molecule has 96 valence electrons. The minimum absolute atomic E-state index is 0.714. The molecule has 0 radical (unpaired) electrons. The van der Waals surface area contributed by atoms with Crippen molar-refractivity contribution in [1.82, 2.24) is 14.3 Å². The van der Waals surface area contributed by atoms with Gasteiger partial charge in [-0.2, -0.15) is 5.10 Å². The molecule has 0 fully saturated rings. The van der Waals surface area contributed by atoms with E-state index in [4.69, 9.17) is 0 Å². The highest BCUT2D eigenvalue weighted by molar-refractivity contribution is 5.97. The van der Waals surface area contributed by atoms with Crippen molar-refractivity contribution in [1.29, 1.82) is 0 Å². The number of carbonyl (C=O) groups is 1. The molecule has 0 bridgehead atoms. The fourth-order valence-corrected chi connectivity index (χ4v) is 2.49. The van der Waals surface area contributed by atoms with E-state index in [1.54, 1.807) is 0 Å². The molecule has 1 aromatic carbocycles. The third kappa shape index (κ3) is 1.95. The summed E-state index contributed by atoms with van der Waals surface area (Å²) in [4.78, 5) is 11.1. The fourth-order valence-electron chi connectivity index (χ4n) is 2.49. The molecular weight excluding hydrogens is 238 g/mol. The molecule has 2 heterocycles. The molecule has 0 unspecified atom stereocenters. The van der Waals surface area contributed by atoms with E-state index >= 15 is 0 Å². The Balaban J connectivity index is 2.10. The first-order valence-corrected chi connectivity index (χ1v) is 6.21. The molecule has 2 aromatic heterocycles. The Morgan fingerprint density at radius 1 is 1.32 bits per heavy atom. The number of benzene rings is 1. The zero-order valence-electron chi connectivity index (χ0n) is 11.0. The lowest BCUT2D eigenvalue weighted by Gasteiger charge is -2.05. The van der Waals surface area contributed by atoms with Crippen molar-refractivity contribution >= 4 is 17.2 Å². The Morgan fingerprint density at radius 2 is 2.11 bits per heavy atom. The van der Waals surface area contributed by atoms with E-state index in [2.05, 4.69) is 15.7 Å². The number of carbonyl (C=O) groups excluding carboxylic acids is 1. The first kappa shape index (κ1) is 11.7. The van der Waals surface area contributed by atoms with Crippen LogP contribution in [0.15, 0.2) is 36.5 Å². The maximum Gasteiger partial charge on any atom is 0.152 e. The summed E-state index contributed by atoms with van der Waals surface area (Å²) in [6.07, 6.45) is 2.81. The van der Waals surface area contributed by atoms with Crippen LogP contribution in [-0.2, 0) is 13.6 Å². The van der Waals surface area contributed by atoms with Crippen LogP contribution < -0.4 is 0 Å². The Kier molecular flexibility index (Phi) is 2.71. The molecule has 19 heavy (non-hydrogen) atoms. The van der Waals surface area contributed by atoms with Gasteiger partial charge in [0.1, 0.15) is 0 Å². The fraction of sp³-hybridized carbons (Fsp3) is 0.200. The molecule has 4 nitrogen and oxygen atoms in total. The van der Waals surface area contributed by atoms with E-state index in [1.807, 2.05) is 49.1 Å². The minimum atomic E-state index is 0.714. The number of rotatable bonds is 3. The Morgan fingerprint density at radius 3 is 2.79 bits per heavy atom. The lowest BCUT2D eigenvalue weighted by Crippen LogP contribution is -2.04. The van der Waals surface area contributed by atoms with E-state index in [9.17, 15) is 4.79 Å². The van der Waals surface area contributed by atoms with Crippen molar-refractivity contribution in [3.8, 4) is 0 Å². The summed E-state index contributed by atoms with van der Waals surface area (Å²) in [6.45, 7) is 2.69. The van der Waals surface area contributed by atoms with Crippen LogP contribution in [-0.4, -0.2) is 20.6 Å². The summed E-state index contributed by atoms with van der Waals surface area (Å²) >= 11 is 0. The summed E-state index contributed by atoms with van der Waals surface area (Å²) < 4.78 is 3.97. The van der Waals surface area contributed by atoms with Gasteiger partial charge in [-0.3, -0.25) is 9.48 Å². The lowest BCUT2D eigenvalue weighted by molar-refractivity contribution is 0.112. The van der Waals surface area contributed by atoms with E-state index in [1.165, 1.54) is 0 Å². The van der Waals surface area contributed by atoms with Crippen LogP contribution in [0.4, 0.5) is 0 Å². The number of hydrogen-bond donors (Lipinski definition) is 0. The maximum atomic E-state index is 11.1. The molecule has 0 N–H and O–H groups in total. The topological polar surface area (TPSA) is 39.8 Å². The van der Waals surface area contributed by atoms with Gasteiger partial charge in [0.2, 0.25) is 0 Å². The molecule has 0 saturated heterocycles. The minimum Gasteiger partial charge on any atom is -0.341 e. The second-order valence-corrected chi connectivity index (χ2v) is 4.75. The molecule has 4 heteroatoms. The van der Waals surface area contributed by atoms with Gasteiger partial charge in [0.25, 0.3) is 0 Å². The quantitative estimate of drug-likeness (QED) is 0.673. The standard InChI is InChI=1S/C15H15N3O/c1-11-7-13(17(2)16-11)9-18-8-12(10-19)14-5-3-4-6-15(14)18/h3-8,10H,9H2,1-2H3. The van der Waals surface area contributed by atoms with Gasteiger partial charge in [-0.1, -0.05) is 18.2 Å². The number of aromatic nitrogens is 3. The number of nitrogens with zero attached hydrogens (tertiary/aromatic N) is 3. The van der Waals surface area contributed by atoms with Gasteiger partial charge < -0.3 is 4.57 Å². The summed E-state index contributed by atoms with van der Waals surface area (Å²) in [5, 5.41) is 5.34. The zero-order valence-corrected chi connectivity index (χ0v) is 11.0. The predicted octanol–water partition coefficient (Wildman–Crippen LogP) is 2.54. The van der Waals surface area contributed by atoms with Crippen molar-refractivity contribution < 1.29 is 4.79 Å². The highest BCUT2D eigenvalue weighted by Crippen LogP contribution is 2.21. The van der Waals surface area contributed by atoms with Crippen molar-refractivity contribution in [2.45, 2.75) is 13.5 Å². The number of hydrogen-bond acceptors (Lipinski definition) is 2. The van der Waals surface area contributed by atoms with Crippen LogP contribution in [0.5, 0.6) is 0 Å². The summed E-state index contributed by atoms with van der Waals surface area (Å²) in [7, 11) is 1.94. The third-order valence-corrected chi connectivity index (χ3v) is 3.38. The average Bonchev–Trinajstić information content (AvgIpc) is 2.91. The van der Waals surface area contributed by atoms with Crippen molar-refractivity contribution in [3.05, 3.63) is 53.5 Å². The maximum absolute atomic E-state index is 11.1. The van der Waals surface area contributed by atoms with Crippen LogP contribution in [0.3, 0.4) is 0 Å². The molecule has 0 aliphatic rings. The van der Waals surface area contributed by atoms with Gasteiger partial charge in [0.05, 0.1) is 17.9 Å². The van der Waals surface area contributed by atoms with Gasteiger partial charge in [0, 0.05) is 29.7 Å². The monoisotopic (exact) mass is 253 g/mol. The number of fused-ring (bicyclic) bond motifs is 1. The largest absolute Gasteiger partial charge is 0.341 e. The van der Waals surface area contributed by atoms with Gasteiger partial charge >= 0.3 is 0 Å². The van der Waals surface area contributed by atoms with Crippen LogP contribution in [0, 0.1) is 6.92 Å². The van der Waals surface area contributed by atoms with Gasteiger partial charge in [0.15, 0.2) is 6.29 Å². The lowest BCUT2D eigenvalue weighted by atomic mass is 10.2. The van der Waals surface area contributed by atoms with Gasteiger partial charge in [-0.25, -0.2) is 0 Å². The molecule has 0 atom stereocenters.